The van der Waals surface area contributed by atoms with Crippen LogP contribution in [0, 0.1) is 12.3 Å². The van der Waals surface area contributed by atoms with Gasteiger partial charge in [-0.05, 0) is 44.0 Å². The Morgan fingerprint density at radius 2 is 2.10 bits per heavy atom. The van der Waals surface area contributed by atoms with Crippen molar-refractivity contribution in [1.29, 1.82) is 0 Å². The van der Waals surface area contributed by atoms with Gasteiger partial charge in [0, 0.05) is 12.1 Å². The van der Waals surface area contributed by atoms with Crippen LogP contribution in [0.1, 0.15) is 30.1 Å². The van der Waals surface area contributed by atoms with Crippen molar-refractivity contribution in [2.24, 2.45) is 0 Å². The molecule has 1 aliphatic rings. The first kappa shape index (κ1) is 14.9. The number of hydrogen-bond acceptors (Lipinski definition) is 3. The molecule has 21 heavy (non-hydrogen) atoms. The van der Waals surface area contributed by atoms with E-state index in [1.807, 2.05) is 0 Å². The molecule has 1 aromatic carbocycles. The second kappa shape index (κ2) is 5.88. The standard InChI is InChI=1S/C16H17NO4/c1-3-11-21-13-7-5-12(6-8-13)14(18)17-10-4-9-16(17,2)15(19)20/h1,5-8H,4,9-11H2,2H3,(H,19,20). The molecule has 5 nitrogen and oxygen atoms in total. The molecule has 1 unspecified atom stereocenters. The third-order valence-electron chi connectivity index (χ3n) is 3.77. The first-order chi connectivity index (χ1) is 9.99. The summed E-state index contributed by atoms with van der Waals surface area (Å²) in [5, 5.41) is 9.35. The summed E-state index contributed by atoms with van der Waals surface area (Å²) in [7, 11) is 0. The number of carboxylic acids is 1. The maximum atomic E-state index is 12.5. The smallest absolute Gasteiger partial charge is 0.329 e. The molecule has 110 valence electrons. The van der Waals surface area contributed by atoms with Crippen LogP contribution >= 0.6 is 0 Å². The van der Waals surface area contributed by atoms with Gasteiger partial charge in [-0.2, -0.15) is 0 Å². The predicted octanol–water partition coefficient (Wildman–Crippen LogP) is 1.78. The van der Waals surface area contributed by atoms with Crippen molar-refractivity contribution in [3.8, 4) is 18.1 Å². The molecule has 0 radical (unpaired) electrons. The van der Waals surface area contributed by atoms with Crippen molar-refractivity contribution in [3.63, 3.8) is 0 Å². The fourth-order valence-electron chi connectivity index (χ4n) is 2.49. The number of rotatable bonds is 4. The van der Waals surface area contributed by atoms with Crippen LogP contribution < -0.4 is 4.74 Å². The Bertz CT molecular complexity index is 587. The zero-order valence-electron chi connectivity index (χ0n) is 11.8. The van der Waals surface area contributed by atoms with Gasteiger partial charge in [0.2, 0.25) is 0 Å². The lowest BCUT2D eigenvalue weighted by molar-refractivity contribution is -0.147. The van der Waals surface area contributed by atoms with Crippen molar-refractivity contribution < 1.29 is 19.4 Å². The van der Waals surface area contributed by atoms with Gasteiger partial charge in [0.15, 0.2) is 0 Å². The number of carboxylic acid groups (broad SMARTS) is 1. The summed E-state index contributed by atoms with van der Waals surface area (Å²) in [6.45, 7) is 2.21. The Labute approximate surface area is 123 Å². The maximum absolute atomic E-state index is 12.5. The van der Waals surface area contributed by atoms with Crippen LogP contribution in [-0.2, 0) is 4.79 Å². The van der Waals surface area contributed by atoms with Crippen molar-refractivity contribution in [1.82, 2.24) is 4.90 Å². The summed E-state index contributed by atoms with van der Waals surface area (Å²) < 4.78 is 5.24. The predicted molar refractivity (Wildman–Crippen MR) is 77.1 cm³/mol. The van der Waals surface area contributed by atoms with Crippen molar-refractivity contribution in [2.75, 3.05) is 13.2 Å². The molecular formula is C16H17NO4. The van der Waals surface area contributed by atoms with Gasteiger partial charge in [-0.3, -0.25) is 4.79 Å². The number of aliphatic carboxylic acids is 1. The molecule has 1 heterocycles. The number of terminal acetylenes is 1. The summed E-state index contributed by atoms with van der Waals surface area (Å²) in [6.07, 6.45) is 6.27. The third-order valence-corrected chi connectivity index (χ3v) is 3.77. The summed E-state index contributed by atoms with van der Waals surface area (Å²) in [4.78, 5) is 25.3. The molecule has 0 spiro atoms. The Kier molecular flexibility index (Phi) is 4.18. The Morgan fingerprint density at radius 1 is 1.43 bits per heavy atom. The number of carbonyl (C=O) groups excluding carboxylic acids is 1. The number of ether oxygens (including phenoxy) is 1. The molecule has 1 N–H and O–H groups in total. The molecule has 0 aromatic heterocycles. The van der Waals surface area contributed by atoms with E-state index in [2.05, 4.69) is 5.92 Å². The summed E-state index contributed by atoms with van der Waals surface area (Å²) in [6, 6.07) is 6.54. The molecule has 1 saturated heterocycles. The summed E-state index contributed by atoms with van der Waals surface area (Å²) in [5.74, 6) is 1.69. The second-order valence-corrected chi connectivity index (χ2v) is 5.16. The van der Waals surface area contributed by atoms with Crippen molar-refractivity contribution >= 4 is 11.9 Å². The fourth-order valence-corrected chi connectivity index (χ4v) is 2.49. The molecule has 0 saturated carbocycles. The van der Waals surface area contributed by atoms with Crippen molar-refractivity contribution in [2.45, 2.75) is 25.3 Å². The zero-order valence-corrected chi connectivity index (χ0v) is 11.8. The molecule has 1 fully saturated rings. The highest BCUT2D eigenvalue weighted by atomic mass is 16.5. The van der Waals surface area contributed by atoms with Crippen LogP contribution in [0.5, 0.6) is 5.75 Å². The van der Waals surface area contributed by atoms with E-state index in [0.717, 1.165) is 0 Å². The van der Waals surface area contributed by atoms with Gasteiger partial charge in [0.1, 0.15) is 17.9 Å². The number of amides is 1. The SMILES string of the molecule is C#CCOc1ccc(C(=O)N2CCCC2(C)C(=O)O)cc1. The maximum Gasteiger partial charge on any atom is 0.329 e. The van der Waals surface area contributed by atoms with Crippen LogP contribution in [0.4, 0.5) is 0 Å². The first-order valence-electron chi connectivity index (χ1n) is 6.71. The number of hydrogen-bond donors (Lipinski definition) is 1. The minimum Gasteiger partial charge on any atom is -0.481 e. The molecule has 0 aliphatic carbocycles. The minimum absolute atomic E-state index is 0.163. The van der Waals surface area contributed by atoms with Gasteiger partial charge < -0.3 is 14.7 Å². The number of nitrogens with zero attached hydrogens (tertiary/aromatic N) is 1. The quantitative estimate of drug-likeness (QED) is 0.857. The van der Waals surface area contributed by atoms with E-state index < -0.39 is 11.5 Å². The first-order valence-corrected chi connectivity index (χ1v) is 6.71. The monoisotopic (exact) mass is 287 g/mol. The Balaban J connectivity index is 2.16. The third kappa shape index (κ3) is 2.84. The average molecular weight is 287 g/mol. The molecular weight excluding hydrogens is 270 g/mol. The van der Waals surface area contributed by atoms with Crippen LogP contribution in [0.3, 0.4) is 0 Å². The molecule has 1 amide bonds. The number of likely N-dealkylation sites (tertiary alicyclic amines) is 1. The number of benzene rings is 1. The second-order valence-electron chi connectivity index (χ2n) is 5.16. The summed E-state index contributed by atoms with van der Waals surface area (Å²) >= 11 is 0. The van der Waals surface area contributed by atoms with E-state index in [-0.39, 0.29) is 12.5 Å². The van der Waals surface area contributed by atoms with Crippen molar-refractivity contribution in [3.05, 3.63) is 29.8 Å². The van der Waals surface area contributed by atoms with E-state index in [4.69, 9.17) is 11.2 Å². The van der Waals surface area contributed by atoms with Crippen LogP contribution in [0.2, 0.25) is 0 Å². The summed E-state index contributed by atoms with van der Waals surface area (Å²) in [5.41, 5.74) is -0.687. The zero-order chi connectivity index (χ0) is 15.5. The largest absolute Gasteiger partial charge is 0.481 e. The van der Waals surface area contributed by atoms with E-state index >= 15 is 0 Å². The highest BCUT2D eigenvalue weighted by Crippen LogP contribution is 2.31. The van der Waals surface area contributed by atoms with E-state index in [1.165, 1.54) is 4.90 Å². The van der Waals surface area contributed by atoms with Crippen LogP contribution in [0.25, 0.3) is 0 Å². The van der Waals surface area contributed by atoms with Gasteiger partial charge in [-0.1, -0.05) is 5.92 Å². The Morgan fingerprint density at radius 3 is 2.67 bits per heavy atom. The van der Waals surface area contributed by atoms with E-state index in [1.54, 1.807) is 31.2 Å². The molecule has 5 heteroatoms. The molecule has 0 bridgehead atoms. The number of carbonyl (C=O) groups is 2. The van der Waals surface area contributed by atoms with Gasteiger partial charge >= 0.3 is 5.97 Å². The molecule has 2 rings (SSSR count). The molecule has 1 atom stereocenters. The lowest BCUT2D eigenvalue weighted by Crippen LogP contribution is -2.50. The van der Waals surface area contributed by atoms with E-state index in [0.29, 0.717) is 30.7 Å². The molecule has 1 aliphatic heterocycles. The lowest BCUT2D eigenvalue weighted by atomic mass is 9.98. The van der Waals surface area contributed by atoms with Gasteiger partial charge in [-0.15, -0.1) is 6.42 Å². The normalized spacial score (nSPS) is 20.9. The highest BCUT2D eigenvalue weighted by Gasteiger charge is 2.46. The van der Waals surface area contributed by atoms with E-state index in [9.17, 15) is 14.7 Å². The Hall–Kier alpha value is -2.48. The van der Waals surface area contributed by atoms with Gasteiger partial charge in [-0.25, -0.2) is 4.79 Å². The molecule has 1 aromatic rings. The lowest BCUT2D eigenvalue weighted by Gasteiger charge is -2.31. The average Bonchev–Trinajstić information content (AvgIpc) is 2.88. The topological polar surface area (TPSA) is 66.8 Å². The van der Waals surface area contributed by atoms with Crippen LogP contribution in [-0.4, -0.2) is 40.6 Å². The fraction of sp³-hybridized carbons (Fsp3) is 0.375. The highest BCUT2D eigenvalue weighted by molar-refractivity contribution is 5.98. The van der Waals surface area contributed by atoms with Crippen LogP contribution in [0.15, 0.2) is 24.3 Å². The minimum atomic E-state index is -1.13. The van der Waals surface area contributed by atoms with Gasteiger partial charge in [0.25, 0.3) is 5.91 Å². The van der Waals surface area contributed by atoms with Gasteiger partial charge in [0.05, 0.1) is 0 Å².